The molecule has 0 aliphatic rings. The lowest BCUT2D eigenvalue weighted by molar-refractivity contribution is -0.136. The molecule has 0 saturated carbocycles. The van der Waals surface area contributed by atoms with Crippen LogP contribution in [-0.2, 0) is 9.53 Å². The molecular weight excluding hydrogens is 396 g/mol. The first-order valence-electron chi connectivity index (χ1n) is 6.89. The van der Waals surface area contributed by atoms with Gasteiger partial charge in [0.2, 0.25) is 5.78 Å². The van der Waals surface area contributed by atoms with Crippen LogP contribution in [0.15, 0.2) is 40.2 Å². The second-order valence-corrected chi connectivity index (χ2v) is 7.04. The summed E-state index contributed by atoms with van der Waals surface area (Å²) in [5.41, 5.74) is 0.669. The molecule has 0 spiro atoms. The van der Waals surface area contributed by atoms with E-state index in [1.165, 1.54) is 24.5 Å². The van der Waals surface area contributed by atoms with Crippen molar-refractivity contribution in [2.24, 2.45) is 0 Å². The topological polar surface area (TPSA) is 61.8 Å². The summed E-state index contributed by atoms with van der Waals surface area (Å²) in [6.07, 6.45) is 2.80. The van der Waals surface area contributed by atoms with Crippen molar-refractivity contribution in [1.82, 2.24) is 0 Å². The molecule has 0 amide bonds. The van der Waals surface area contributed by atoms with Crippen molar-refractivity contribution in [2.45, 2.75) is 0 Å². The summed E-state index contributed by atoms with van der Waals surface area (Å²) in [5.74, 6) is 0.386. The van der Waals surface area contributed by atoms with E-state index in [9.17, 15) is 9.59 Å². The molecule has 0 aliphatic carbocycles. The van der Waals surface area contributed by atoms with E-state index in [-0.39, 0.29) is 12.4 Å². The number of hydrogen-bond acceptors (Lipinski definition) is 6. The predicted molar refractivity (Wildman–Crippen MR) is 95.9 cm³/mol. The molecule has 24 heavy (non-hydrogen) atoms. The van der Waals surface area contributed by atoms with Gasteiger partial charge < -0.3 is 14.2 Å². The van der Waals surface area contributed by atoms with Crippen LogP contribution in [0.4, 0.5) is 0 Å². The lowest BCUT2D eigenvalue weighted by atomic mass is 10.1. The van der Waals surface area contributed by atoms with Crippen molar-refractivity contribution in [1.29, 1.82) is 0 Å². The lowest BCUT2D eigenvalue weighted by Crippen LogP contribution is -2.11. The molecule has 0 unspecified atom stereocenters. The Labute approximate surface area is 152 Å². The van der Waals surface area contributed by atoms with Gasteiger partial charge in [0.25, 0.3) is 0 Å². The van der Waals surface area contributed by atoms with Crippen molar-refractivity contribution in [3.8, 4) is 11.5 Å². The lowest BCUT2D eigenvalue weighted by Gasteiger charge is -2.07. The second kappa shape index (κ2) is 8.65. The van der Waals surface area contributed by atoms with Gasteiger partial charge in [-0.15, -0.1) is 11.3 Å². The Balaban J connectivity index is 1.96. The first kappa shape index (κ1) is 18.2. The van der Waals surface area contributed by atoms with E-state index in [0.29, 0.717) is 21.9 Å². The maximum Gasteiger partial charge on any atom is 0.331 e. The van der Waals surface area contributed by atoms with Gasteiger partial charge in [0.1, 0.15) is 11.5 Å². The highest BCUT2D eigenvalue weighted by Gasteiger charge is 2.11. The number of thiophene rings is 1. The Kier molecular flexibility index (Phi) is 6.57. The van der Waals surface area contributed by atoms with Gasteiger partial charge in [0.15, 0.2) is 6.61 Å². The molecule has 1 heterocycles. The fourth-order valence-corrected chi connectivity index (χ4v) is 3.16. The van der Waals surface area contributed by atoms with Gasteiger partial charge in [-0.2, -0.15) is 0 Å². The number of esters is 1. The molecule has 1 aromatic heterocycles. The van der Waals surface area contributed by atoms with Gasteiger partial charge in [0, 0.05) is 11.6 Å². The third-order valence-electron chi connectivity index (χ3n) is 3.03. The number of ketones is 1. The van der Waals surface area contributed by atoms with E-state index < -0.39 is 5.97 Å². The molecule has 2 aromatic rings. The quantitative estimate of drug-likeness (QED) is 0.392. The maximum atomic E-state index is 11.9. The van der Waals surface area contributed by atoms with Crippen LogP contribution in [0.25, 0.3) is 6.08 Å². The van der Waals surface area contributed by atoms with Crippen LogP contribution in [0, 0.1) is 0 Å². The van der Waals surface area contributed by atoms with Crippen LogP contribution < -0.4 is 9.47 Å². The molecule has 2 rings (SSSR count). The van der Waals surface area contributed by atoms with E-state index in [1.807, 2.05) is 0 Å². The van der Waals surface area contributed by atoms with E-state index >= 15 is 0 Å². The fourth-order valence-electron chi connectivity index (χ4n) is 1.85. The van der Waals surface area contributed by atoms with E-state index in [1.54, 1.807) is 43.5 Å². The number of Topliss-reactive ketones (excluding diaryl/α,β-unsaturated/α-hetero) is 1. The Hall–Kier alpha value is -2.12. The van der Waals surface area contributed by atoms with Crippen LogP contribution in [0.2, 0.25) is 0 Å². The molecule has 126 valence electrons. The Morgan fingerprint density at radius 1 is 1.17 bits per heavy atom. The van der Waals surface area contributed by atoms with E-state index in [2.05, 4.69) is 15.9 Å². The summed E-state index contributed by atoms with van der Waals surface area (Å²) in [5, 5.41) is 0. The first-order chi connectivity index (χ1) is 11.5. The van der Waals surface area contributed by atoms with Gasteiger partial charge in [0.05, 0.1) is 22.9 Å². The summed E-state index contributed by atoms with van der Waals surface area (Å²) in [7, 11) is 3.09. The van der Waals surface area contributed by atoms with E-state index in [0.717, 1.165) is 3.79 Å². The largest absolute Gasteiger partial charge is 0.497 e. The minimum atomic E-state index is -0.608. The molecule has 5 nitrogen and oxygen atoms in total. The Morgan fingerprint density at radius 3 is 2.58 bits per heavy atom. The highest BCUT2D eigenvalue weighted by Crippen LogP contribution is 2.25. The van der Waals surface area contributed by atoms with Gasteiger partial charge in [-0.1, -0.05) is 0 Å². The molecule has 0 aliphatic heterocycles. The molecule has 7 heteroatoms. The van der Waals surface area contributed by atoms with Crippen LogP contribution in [-0.4, -0.2) is 32.6 Å². The summed E-state index contributed by atoms with van der Waals surface area (Å²) < 4.78 is 16.2. The number of ether oxygens (including phenoxy) is 3. The third-order valence-corrected chi connectivity index (χ3v) is 4.69. The van der Waals surface area contributed by atoms with E-state index in [4.69, 9.17) is 14.2 Å². The number of methoxy groups -OCH3 is 2. The standard InChI is InChI=1S/C17H15BrO5S/c1-21-12-4-5-14(22-2)11(9-12)3-8-17(20)23-10-13(19)15-6-7-16(18)24-15/h3-9H,10H2,1-2H3/b8-3+. The van der Waals surface area contributed by atoms with Gasteiger partial charge >= 0.3 is 5.97 Å². The van der Waals surface area contributed by atoms with Gasteiger partial charge in [-0.05, 0) is 52.3 Å². The van der Waals surface area contributed by atoms with Crippen LogP contribution in [0.1, 0.15) is 15.2 Å². The van der Waals surface area contributed by atoms with Crippen molar-refractivity contribution in [3.05, 3.63) is 50.6 Å². The number of carbonyl (C=O) groups is 2. The summed E-state index contributed by atoms with van der Waals surface area (Å²) in [6, 6.07) is 8.68. The summed E-state index contributed by atoms with van der Waals surface area (Å²) >= 11 is 4.58. The smallest absolute Gasteiger partial charge is 0.331 e. The normalized spacial score (nSPS) is 10.6. The minimum absolute atomic E-state index is 0.244. The third kappa shape index (κ3) is 4.94. The minimum Gasteiger partial charge on any atom is -0.497 e. The molecule has 0 atom stereocenters. The zero-order chi connectivity index (χ0) is 17.5. The molecule has 0 saturated heterocycles. The van der Waals surface area contributed by atoms with Crippen LogP contribution in [0.5, 0.6) is 11.5 Å². The number of carbonyl (C=O) groups excluding carboxylic acids is 2. The zero-order valence-electron chi connectivity index (χ0n) is 13.1. The molecule has 0 bridgehead atoms. The molecule has 0 N–H and O–H groups in total. The fraction of sp³-hybridized carbons (Fsp3) is 0.176. The van der Waals surface area contributed by atoms with Crippen LogP contribution >= 0.6 is 27.3 Å². The molecular formula is C17H15BrO5S. The predicted octanol–water partition coefficient (Wildman–Crippen LogP) is 3.97. The monoisotopic (exact) mass is 410 g/mol. The molecule has 0 fully saturated rings. The Morgan fingerprint density at radius 2 is 1.96 bits per heavy atom. The molecule has 0 radical (unpaired) electrons. The maximum absolute atomic E-state index is 11.9. The summed E-state index contributed by atoms with van der Waals surface area (Å²) in [6.45, 7) is -0.300. The number of hydrogen-bond donors (Lipinski definition) is 0. The van der Waals surface area contributed by atoms with Crippen molar-refractivity contribution in [3.63, 3.8) is 0 Å². The van der Waals surface area contributed by atoms with Crippen molar-refractivity contribution in [2.75, 3.05) is 20.8 Å². The average molecular weight is 411 g/mol. The zero-order valence-corrected chi connectivity index (χ0v) is 15.5. The van der Waals surface area contributed by atoms with Gasteiger partial charge in [-0.3, -0.25) is 4.79 Å². The summed E-state index contributed by atoms with van der Waals surface area (Å²) in [4.78, 5) is 24.2. The second-order valence-electron chi connectivity index (χ2n) is 4.58. The number of benzene rings is 1. The number of rotatable bonds is 7. The SMILES string of the molecule is COc1ccc(OC)c(/C=C/C(=O)OCC(=O)c2ccc(Br)s2)c1. The molecule has 1 aromatic carbocycles. The highest BCUT2D eigenvalue weighted by molar-refractivity contribution is 9.11. The average Bonchev–Trinajstić information content (AvgIpc) is 3.04. The van der Waals surface area contributed by atoms with Crippen molar-refractivity contribution < 1.29 is 23.8 Å². The van der Waals surface area contributed by atoms with Crippen LogP contribution in [0.3, 0.4) is 0 Å². The van der Waals surface area contributed by atoms with Crippen molar-refractivity contribution >= 4 is 45.1 Å². The first-order valence-corrected chi connectivity index (χ1v) is 8.50. The van der Waals surface area contributed by atoms with Gasteiger partial charge in [-0.25, -0.2) is 4.79 Å². The number of halogens is 1. The highest BCUT2D eigenvalue weighted by atomic mass is 79.9. The Bertz CT molecular complexity index is 766.